The van der Waals surface area contributed by atoms with E-state index in [1.807, 2.05) is 12.3 Å². The van der Waals surface area contributed by atoms with Crippen LogP contribution < -0.4 is 4.74 Å². The fourth-order valence-corrected chi connectivity index (χ4v) is 5.00. The molecule has 3 atom stereocenters. The molecule has 1 saturated carbocycles. The summed E-state index contributed by atoms with van der Waals surface area (Å²) in [6, 6.07) is 13.9. The van der Waals surface area contributed by atoms with Crippen LogP contribution in [0.15, 0.2) is 48.8 Å². The summed E-state index contributed by atoms with van der Waals surface area (Å²) in [5, 5.41) is 0. The van der Waals surface area contributed by atoms with E-state index in [1.165, 1.54) is 31.4 Å². The van der Waals surface area contributed by atoms with Gasteiger partial charge in [0.1, 0.15) is 5.75 Å². The molecule has 1 aliphatic heterocycles. The van der Waals surface area contributed by atoms with Crippen molar-refractivity contribution in [2.24, 2.45) is 5.41 Å². The van der Waals surface area contributed by atoms with Crippen LogP contribution in [0.5, 0.6) is 5.75 Å². The molecule has 1 aliphatic carbocycles. The Morgan fingerprint density at radius 1 is 1.12 bits per heavy atom. The lowest BCUT2D eigenvalue weighted by atomic mass is 9.70. The van der Waals surface area contributed by atoms with Gasteiger partial charge in [0.15, 0.2) is 0 Å². The topological polar surface area (TPSA) is 25.4 Å². The van der Waals surface area contributed by atoms with Gasteiger partial charge >= 0.3 is 0 Å². The van der Waals surface area contributed by atoms with Crippen LogP contribution >= 0.6 is 0 Å². The summed E-state index contributed by atoms with van der Waals surface area (Å²) in [5.41, 5.74) is 2.74. The monoisotopic (exact) mass is 350 g/mol. The minimum atomic E-state index is 0.340. The number of hydrogen-bond donors (Lipinski definition) is 0. The van der Waals surface area contributed by atoms with E-state index in [1.54, 1.807) is 6.20 Å². The molecule has 4 rings (SSSR count). The highest BCUT2D eigenvalue weighted by molar-refractivity contribution is 5.62. The van der Waals surface area contributed by atoms with E-state index in [9.17, 15) is 0 Å². The van der Waals surface area contributed by atoms with Gasteiger partial charge in [-0.15, -0.1) is 0 Å². The van der Waals surface area contributed by atoms with Crippen LogP contribution in [-0.4, -0.2) is 34.6 Å². The predicted octanol–water partition coefficient (Wildman–Crippen LogP) is 5.17. The molecular formula is C23H30N2O. The summed E-state index contributed by atoms with van der Waals surface area (Å²) < 4.78 is 6.38. The van der Waals surface area contributed by atoms with Gasteiger partial charge in [0.25, 0.3) is 0 Å². The number of benzene rings is 1. The lowest BCUT2D eigenvalue weighted by Crippen LogP contribution is -2.47. The first kappa shape index (κ1) is 17.5. The molecule has 138 valence electrons. The Bertz CT molecular complexity index is 728. The van der Waals surface area contributed by atoms with E-state index in [0.717, 1.165) is 23.8 Å². The van der Waals surface area contributed by atoms with Crippen molar-refractivity contribution in [3.05, 3.63) is 48.8 Å². The van der Waals surface area contributed by atoms with Crippen molar-refractivity contribution < 1.29 is 4.74 Å². The van der Waals surface area contributed by atoms with Crippen molar-refractivity contribution in [3.63, 3.8) is 0 Å². The Hall–Kier alpha value is -1.87. The van der Waals surface area contributed by atoms with Gasteiger partial charge in [-0.25, -0.2) is 0 Å². The minimum absolute atomic E-state index is 0.340. The summed E-state index contributed by atoms with van der Waals surface area (Å²) in [4.78, 5) is 6.91. The molecule has 2 aliphatic rings. The van der Waals surface area contributed by atoms with Crippen molar-refractivity contribution in [1.82, 2.24) is 9.88 Å². The molecule has 3 heteroatoms. The molecule has 3 unspecified atom stereocenters. The van der Waals surface area contributed by atoms with E-state index < -0.39 is 0 Å². The Morgan fingerprint density at radius 3 is 2.62 bits per heavy atom. The summed E-state index contributed by atoms with van der Waals surface area (Å²) >= 11 is 0. The Kier molecular flexibility index (Phi) is 4.74. The highest BCUT2D eigenvalue weighted by Gasteiger charge is 2.48. The third-order valence-electron chi connectivity index (χ3n) is 6.42. The maximum atomic E-state index is 6.38. The SMILES string of the molecule is CC(C)N1CCC2(C)CC(Oc3ccc(-c4cccnc4)cc3)CCC12. The van der Waals surface area contributed by atoms with Crippen molar-refractivity contribution in [2.45, 2.75) is 64.6 Å². The van der Waals surface area contributed by atoms with Crippen molar-refractivity contribution in [2.75, 3.05) is 6.54 Å². The largest absolute Gasteiger partial charge is 0.490 e. The quantitative estimate of drug-likeness (QED) is 0.761. The van der Waals surface area contributed by atoms with Gasteiger partial charge in [0, 0.05) is 24.5 Å². The van der Waals surface area contributed by atoms with Crippen LogP contribution in [0, 0.1) is 5.41 Å². The molecule has 1 saturated heterocycles. The number of ether oxygens (including phenoxy) is 1. The maximum Gasteiger partial charge on any atom is 0.119 e. The summed E-state index contributed by atoms with van der Waals surface area (Å²) in [6.07, 6.45) is 8.94. The van der Waals surface area contributed by atoms with Crippen molar-refractivity contribution >= 4 is 0 Å². The number of fused-ring (bicyclic) bond motifs is 1. The van der Waals surface area contributed by atoms with Crippen LogP contribution in [0.1, 0.15) is 46.5 Å². The molecule has 0 spiro atoms. The van der Waals surface area contributed by atoms with Crippen LogP contribution in [0.2, 0.25) is 0 Å². The zero-order valence-electron chi connectivity index (χ0n) is 16.2. The van der Waals surface area contributed by atoms with Crippen molar-refractivity contribution in [1.29, 1.82) is 0 Å². The molecule has 26 heavy (non-hydrogen) atoms. The first-order valence-corrected chi connectivity index (χ1v) is 9.98. The molecule has 2 heterocycles. The van der Waals surface area contributed by atoms with Crippen LogP contribution in [0.4, 0.5) is 0 Å². The highest BCUT2D eigenvalue weighted by Crippen LogP contribution is 2.48. The second-order valence-electron chi connectivity index (χ2n) is 8.54. The fourth-order valence-electron chi connectivity index (χ4n) is 5.00. The number of pyridine rings is 1. The van der Waals surface area contributed by atoms with Crippen molar-refractivity contribution in [3.8, 4) is 16.9 Å². The van der Waals surface area contributed by atoms with E-state index >= 15 is 0 Å². The molecule has 0 N–H and O–H groups in total. The lowest BCUT2D eigenvalue weighted by Gasteiger charge is -2.43. The van der Waals surface area contributed by atoms with E-state index in [4.69, 9.17) is 4.74 Å². The molecule has 0 amide bonds. The number of hydrogen-bond acceptors (Lipinski definition) is 3. The van der Waals surface area contributed by atoms with Gasteiger partial charge in [0.05, 0.1) is 6.10 Å². The van der Waals surface area contributed by atoms with Gasteiger partial charge in [-0.2, -0.15) is 0 Å². The third-order valence-corrected chi connectivity index (χ3v) is 6.42. The Balaban J connectivity index is 1.41. The van der Waals surface area contributed by atoms with E-state index in [-0.39, 0.29) is 0 Å². The lowest BCUT2D eigenvalue weighted by molar-refractivity contribution is 0.0274. The molecule has 2 fully saturated rings. The predicted molar refractivity (Wildman–Crippen MR) is 106 cm³/mol. The van der Waals surface area contributed by atoms with Crippen LogP contribution in [0.25, 0.3) is 11.1 Å². The molecule has 0 radical (unpaired) electrons. The molecule has 0 bridgehead atoms. The Morgan fingerprint density at radius 2 is 1.92 bits per heavy atom. The average Bonchev–Trinajstić information content (AvgIpc) is 3.00. The zero-order chi connectivity index (χ0) is 18.1. The fraction of sp³-hybridized carbons (Fsp3) is 0.522. The zero-order valence-corrected chi connectivity index (χ0v) is 16.2. The first-order valence-electron chi connectivity index (χ1n) is 9.98. The van der Waals surface area contributed by atoms with Crippen LogP contribution in [0.3, 0.4) is 0 Å². The van der Waals surface area contributed by atoms with E-state index in [0.29, 0.717) is 17.6 Å². The van der Waals surface area contributed by atoms with Gasteiger partial charge in [0.2, 0.25) is 0 Å². The van der Waals surface area contributed by atoms with Gasteiger partial charge in [-0.05, 0) is 80.8 Å². The number of likely N-dealkylation sites (tertiary alicyclic amines) is 1. The second kappa shape index (κ2) is 7.03. The van der Waals surface area contributed by atoms with Gasteiger partial charge in [-0.1, -0.05) is 25.1 Å². The normalized spacial score (nSPS) is 28.9. The molecule has 2 aromatic rings. The summed E-state index contributed by atoms with van der Waals surface area (Å²) in [6.45, 7) is 8.38. The second-order valence-corrected chi connectivity index (χ2v) is 8.54. The Labute approximate surface area is 157 Å². The molecule has 1 aromatic heterocycles. The maximum absolute atomic E-state index is 6.38. The minimum Gasteiger partial charge on any atom is -0.490 e. The number of rotatable bonds is 4. The van der Waals surface area contributed by atoms with Gasteiger partial charge in [-0.3, -0.25) is 9.88 Å². The average molecular weight is 351 g/mol. The summed E-state index contributed by atoms with van der Waals surface area (Å²) in [5.74, 6) is 0.989. The smallest absolute Gasteiger partial charge is 0.119 e. The van der Waals surface area contributed by atoms with Gasteiger partial charge < -0.3 is 4.74 Å². The standard InChI is InChI=1S/C23H30N2O/c1-17(2)25-14-12-23(3)15-21(10-11-22(23)25)26-20-8-6-18(7-9-20)19-5-4-13-24-16-19/h4-9,13,16-17,21-22H,10-12,14-15H2,1-3H3. The third kappa shape index (κ3) is 3.37. The number of aromatic nitrogens is 1. The first-order chi connectivity index (χ1) is 12.5. The summed E-state index contributed by atoms with van der Waals surface area (Å²) in [7, 11) is 0. The van der Waals surface area contributed by atoms with E-state index in [2.05, 4.69) is 61.0 Å². The van der Waals surface area contributed by atoms with Crippen LogP contribution in [-0.2, 0) is 0 Å². The molecule has 3 nitrogen and oxygen atoms in total. The number of nitrogens with zero attached hydrogens (tertiary/aromatic N) is 2. The highest BCUT2D eigenvalue weighted by atomic mass is 16.5. The molecular weight excluding hydrogens is 320 g/mol. The molecule has 1 aromatic carbocycles.